The smallest absolute Gasteiger partial charge is 0.223 e. The molecule has 128 valence electrons. The van der Waals surface area contributed by atoms with Crippen molar-refractivity contribution in [2.75, 3.05) is 32.8 Å². The first-order chi connectivity index (χ1) is 10.9. The molecule has 0 unspecified atom stereocenters. The van der Waals surface area contributed by atoms with Crippen molar-refractivity contribution >= 4 is 5.91 Å². The maximum absolute atomic E-state index is 12.4. The predicted octanol–water partition coefficient (Wildman–Crippen LogP) is 1.75. The summed E-state index contributed by atoms with van der Waals surface area (Å²) in [6.45, 7) is 12.8. The highest BCUT2D eigenvalue weighted by Gasteiger charge is 2.46. The third-order valence-corrected chi connectivity index (χ3v) is 5.06. The molecule has 6 nitrogen and oxygen atoms in total. The number of rotatable bonds is 3. The number of hydrogen-bond acceptors (Lipinski definition) is 5. The molecule has 3 rings (SSSR count). The van der Waals surface area contributed by atoms with Crippen molar-refractivity contribution in [1.82, 2.24) is 15.0 Å². The molecule has 2 saturated heterocycles. The van der Waals surface area contributed by atoms with Crippen LogP contribution in [0, 0.1) is 19.3 Å². The fourth-order valence-corrected chi connectivity index (χ4v) is 3.77. The quantitative estimate of drug-likeness (QED) is 0.849. The van der Waals surface area contributed by atoms with Gasteiger partial charge in [-0.2, -0.15) is 0 Å². The number of hydrogen-bond donors (Lipinski definition) is 0. The molecule has 1 spiro atoms. The van der Waals surface area contributed by atoms with Gasteiger partial charge in [-0.1, -0.05) is 5.16 Å². The molecule has 2 fully saturated rings. The van der Waals surface area contributed by atoms with Gasteiger partial charge in [0.15, 0.2) is 0 Å². The van der Waals surface area contributed by atoms with Gasteiger partial charge in [0.05, 0.1) is 18.9 Å². The van der Waals surface area contributed by atoms with Crippen molar-refractivity contribution in [3.8, 4) is 0 Å². The van der Waals surface area contributed by atoms with Crippen LogP contribution in [-0.4, -0.2) is 59.8 Å². The van der Waals surface area contributed by atoms with E-state index in [0.717, 1.165) is 43.2 Å². The van der Waals surface area contributed by atoms with Gasteiger partial charge in [-0.25, -0.2) is 0 Å². The minimum absolute atomic E-state index is 0.0865. The SMILES string of the molecule is Cc1noc(C)c1CN1CCOC[C@]2(CC(=O)N(C(C)C)C2)C1. The van der Waals surface area contributed by atoms with E-state index in [1.807, 2.05) is 18.7 Å². The molecule has 2 aliphatic heterocycles. The maximum atomic E-state index is 12.4. The van der Waals surface area contributed by atoms with Crippen molar-refractivity contribution in [1.29, 1.82) is 0 Å². The van der Waals surface area contributed by atoms with Crippen molar-refractivity contribution in [2.45, 2.75) is 46.7 Å². The number of nitrogens with zero attached hydrogens (tertiary/aromatic N) is 3. The summed E-state index contributed by atoms with van der Waals surface area (Å²) in [6, 6.07) is 0.251. The van der Waals surface area contributed by atoms with Gasteiger partial charge < -0.3 is 14.2 Å². The molecule has 6 heteroatoms. The molecule has 1 aromatic rings. The number of aryl methyl sites for hydroxylation is 2. The molecular weight excluding hydrogens is 294 g/mol. The number of carbonyl (C=O) groups is 1. The van der Waals surface area contributed by atoms with Crippen molar-refractivity contribution < 1.29 is 14.1 Å². The van der Waals surface area contributed by atoms with Gasteiger partial charge in [0.25, 0.3) is 0 Å². The molecule has 23 heavy (non-hydrogen) atoms. The van der Waals surface area contributed by atoms with Gasteiger partial charge in [-0.3, -0.25) is 9.69 Å². The van der Waals surface area contributed by atoms with Gasteiger partial charge in [0, 0.05) is 49.6 Å². The fourth-order valence-electron chi connectivity index (χ4n) is 3.77. The minimum Gasteiger partial charge on any atom is -0.379 e. The van der Waals surface area contributed by atoms with Gasteiger partial charge >= 0.3 is 0 Å². The predicted molar refractivity (Wildman–Crippen MR) is 86.0 cm³/mol. The first-order valence-corrected chi connectivity index (χ1v) is 8.41. The second-order valence-corrected chi connectivity index (χ2v) is 7.36. The second-order valence-electron chi connectivity index (χ2n) is 7.36. The zero-order chi connectivity index (χ0) is 16.6. The summed E-state index contributed by atoms with van der Waals surface area (Å²) in [4.78, 5) is 16.7. The second kappa shape index (κ2) is 6.24. The Bertz CT molecular complexity index is 564. The Balaban J connectivity index is 1.75. The Labute approximate surface area is 137 Å². The molecule has 1 atom stereocenters. The maximum Gasteiger partial charge on any atom is 0.223 e. The largest absolute Gasteiger partial charge is 0.379 e. The average molecular weight is 321 g/mol. The van der Waals surface area contributed by atoms with E-state index in [2.05, 4.69) is 23.9 Å². The van der Waals surface area contributed by atoms with Crippen LogP contribution in [0.2, 0.25) is 0 Å². The van der Waals surface area contributed by atoms with Crippen molar-refractivity contribution in [2.24, 2.45) is 5.41 Å². The van der Waals surface area contributed by atoms with E-state index in [4.69, 9.17) is 9.26 Å². The molecule has 1 amide bonds. The zero-order valence-electron chi connectivity index (χ0n) is 14.6. The molecular formula is C17H27N3O3. The molecule has 0 bridgehead atoms. The summed E-state index contributed by atoms with van der Waals surface area (Å²) in [5, 5.41) is 4.05. The van der Waals surface area contributed by atoms with Gasteiger partial charge in [0.1, 0.15) is 5.76 Å². The highest BCUT2D eigenvalue weighted by molar-refractivity contribution is 5.79. The van der Waals surface area contributed by atoms with Crippen LogP contribution < -0.4 is 0 Å². The Kier molecular flexibility index (Phi) is 4.47. The summed E-state index contributed by atoms with van der Waals surface area (Å²) in [7, 11) is 0. The lowest BCUT2D eigenvalue weighted by atomic mass is 9.87. The first kappa shape index (κ1) is 16.5. The van der Waals surface area contributed by atoms with E-state index >= 15 is 0 Å². The molecule has 2 aliphatic rings. The molecule has 1 aromatic heterocycles. The number of aromatic nitrogens is 1. The molecule has 3 heterocycles. The van der Waals surface area contributed by atoms with E-state index in [1.165, 1.54) is 0 Å². The average Bonchev–Trinajstić information content (AvgIpc) is 2.88. The zero-order valence-corrected chi connectivity index (χ0v) is 14.6. The summed E-state index contributed by atoms with van der Waals surface area (Å²) in [6.07, 6.45) is 0.587. The van der Waals surface area contributed by atoms with Crippen molar-refractivity contribution in [3.63, 3.8) is 0 Å². The van der Waals surface area contributed by atoms with Crippen molar-refractivity contribution in [3.05, 3.63) is 17.0 Å². The van der Waals surface area contributed by atoms with E-state index in [0.29, 0.717) is 19.6 Å². The monoisotopic (exact) mass is 321 g/mol. The lowest BCUT2D eigenvalue weighted by Gasteiger charge is -2.32. The topological polar surface area (TPSA) is 58.8 Å². The Morgan fingerprint density at radius 1 is 1.30 bits per heavy atom. The number of amides is 1. The highest BCUT2D eigenvalue weighted by atomic mass is 16.5. The third-order valence-electron chi connectivity index (χ3n) is 5.06. The Morgan fingerprint density at radius 2 is 2.09 bits per heavy atom. The van der Waals surface area contributed by atoms with E-state index < -0.39 is 0 Å². The van der Waals surface area contributed by atoms with Crippen LogP contribution in [0.1, 0.15) is 37.3 Å². The highest BCUT2D eigenvalue weighted by Crippen LogP contribution is 2.35. The molecule has 0 saturated carbocycles. The third kappa shape index (κ3) is 3.28. The molecule has 0 aromatic carbocycles. The molecule has 0 aliphatic carbocycles. The van der Waals surface area contributed by atoms with Gasteiger partial charge in [-0.05, 0) is 27.7 Å². The van der Waals surface area contributed by atoms with Crippen LogP contribution in [0.3, 0.4) is 0 Å². The lowest BCUT2D eigenvalue weighted by molar-refractivity contribution is -0.129. The number of ether oxygens (including phenoxy) is 1. The first-order valence-electron chi connectivity index (χ1n) is 8.41. The van der Waals surface area contributed by atoms with Crippen LogP contribution in [0.4, 0.5) is 0 Å². The summed E-state index contributed by atoms with van der Waals surface area (Å²) < 4.78 is 11.1. The summed E-state index contributed by atoms with van der Waals surface area (Å²) in [5.74, 6) is 1.14. The normalized spacial score (nSPS) is 26.5. The van der Waals surface area contributed by atoms with Crippen LogP contribution in [0.15, 0.2) is 4.52 Å². The van der Waals surface area contributed by atoms with Crippen LogP contribution >= 0.6 is 0 Å². The standard InChI is InChI=1S/C17H27N3O3/c1-12(2)20-10-17(7-16(20)21)9-19(5-6-22-11-17)8-15-13(3)18-23-14(15)4/h12H,5-11H2,1-4H3/t17-/m1/s1. The van der Waals surface area contributed by atoms with Crippen LogP contribution in [-0.2, 0) is 16.1 Å². The van der Waals surface area contributed by atoms with Gasteiger partial charge in [-0.15, -0.1) is 0 Å². The summed E-state index contributed by atoms with van der Waals surface area (Å²) >= 11 is 0. The van der Waals surface area contributed by atoms with Crippen LogP contribution in [0.5, 0.6) is 0 Å². The number of likely N-dealkylation sites (tertiary alicyclic amines) is 1. The minimum atomic E-state index is -0.0865. The molecule has 0 N–H and O–H groups in total. The Hall–Kier alpha value is -1.40. The fraction of sp³-hybridized carbons (Fsp3) is 0.765. The Morgan fingerprint density at radius 3 is 2.70 bits per heavy atom. The van der Waals surface area contributed by atoms with Crippen LogP contribution in [0.25, 0.3) is 0 Å². The molecule has 0 radical (unpaired) electrons. The van der Waals surface area contributed by atoms with Gasteiger partial charge in [0.2, 0.25) is 5.91 Å². The summed E-state index contributed by atoms with van der Waals surface area (Å²) in [5.41, 5.74) is 2.02. The van der Waals surface area contributed by atoms with E-state index in [1.54, 1.807) is 0 Å². The number of carbonyl (C=O) groups excluding carboxylic acids is 1. The lowest BCUT2D eigenvalue weighted by Crippen LogP contribution is -2.41. The van der Waals surface area contributed by atoms with E-state index in [-0.39, 0.29) is 17.4 Å². The van der Waals surface area contributed by atoms with E-state index in [9.17, 15) is 4.79 Å².